The Morgan fingerprint density at radius 1 is 1.11 bits per heavy atom. The van der Waals surface area contributed by atoms with Gasteiger partial charge < -0.3 is 5.32 Å². The van der Waals surface area contributed by atoms with Crippen LogP contribution in [0, 0.1) is 11.8 Å². The van der Waals surface area contributed by atoms with Crippen LogP contribution >= 0.6 is 0 Å². The Kier molecular flexibility index (Phi) is 2.97. The zero-order valence-electron chi connectivity index (χ0n) is 12.6. The van der Waals surface area contributed by atoms with Crippen LogP contribution in [0.5, 0.6) is 0 Å². The van der Waals surface area contributed by atoms with E-state index in [9.17, 15) is 0 Å². The lowest BCUT2D eigenvalue weighted by Gasteiger charge is -2.53. The third-order valence-corrected chi connectivity index (χ3v) is 6.53. The number of piperazine rings is 1. The standard InChI is InChI=1S/C17H30N2/c1-16(15-6-7-15)13-19(11-8-14-4-5-14)17(12-18-16)9-2-3-10-17/h14-15,18H,2-13H2,1H3. The summed E-state index contributed by atoms with van der Waals surface area (Å²) in [6, 6.07) is 0. The molecule has 0 bridgehead atoms. The molecular weight excluding hydrogens is 232 g/mol. The van der Waals surface area contributed by atoms with E-state index in [0.29, 0.717) is 11.1 Å². The summed E-state index contributed by atoms with van der Waals surface area (Å²) in [5.74, 6) is 2.05. The minimum atomic E-state index is 0.428. The largest absolute Gasteiger partial charge is 0.308 e. The summed E-state index contributed by atoms with van der Waals surface area (Å²) < 4.78 is 0. The average molecular weight is 262 g/mol. The van der Waals surface area contributed by atoms with Crippen molar-refractivity contribution >= 4 is 0 Å². The van der Waals surface area contributed by atoms with Crippen molar-refractivity contribution in [2.75, 3.05) is 19.6 Å². The summed E-state index contributed by atoms with van der Waals surface area (Å²) in [6.07, 6.45) is 13.3. The van der Waals surface area contributed by atoms with Crippen molar-refractivity contribution in [2.24, 2.45) is 11.8 Å². The molecule has 108 valence electrons. The minimum absolute atomic E-state index is 0.428. The molecule has 1 N–H and O–H groups in total. The second-order valence-corrected chi connectivity index (χ2v) is 8.13. The summed E-state index contributed by atoms with van der Waals surface area (Å²) in [5.41, 5.74) is 0.973. The zero-order chi connectivity index (χ0) is 12.9. The van der Waals surface area contributed by atoms with Crippen molar-refractivity contribution in [3.05, 3.63) is 0 Å². The fourth-order valence-electron chi connectivity index (χ4n) is 4.68. The molecule has 0 aromatic rings. The molecule has 0 radical (unpaired) electrons. The summed E-state index contributed by atoms with van der Waals surface area (Å²) in [5, 5.41) is 3.98. The first-order valence-corrected chi connectivity index (χ1v) is 8.70. The number of hydrogen-bond acceptors (Lipinski definition) is 2. The second-order valence-electron chi connectivity index (χ2n) is 8.13. The topological polar surface area (TPSA) is 15.3 Å². The van der Waals surface area contributed by atoms with Gasteiger partial charge in [-0.05, 0) is 57.4 Å². The number of nitrogens with zero attached hydrogens (tertiary/aromatic N) is 1. The van der Waals surface area contributed by atoms with Gasteiger partial charge in [0.25, 0.3) is 0 Å². The maximum atomic E-state index is 3.98. The van der Waals surface area contributed by atoms with E-state index in [1.54, 1.807) is 0 Å². The monoisotopic (exact) mass is 262 g/mol. The van der Waals surface area contributed by atoms with Crippen LogP contribution in [-0.2, 0) is 0 Å². The van der Waals surface area contributed by atoms with Gasteiger partial charge in [0.05, 0.1) is 0 Å². The van der Waals surface area contributed by atoms with Gasteiger partial charge in [0.15, 0.2) is 0 Å². The van der Waals surface area contributed by atoms with Gasteiger partial charge in [0, 0.05) is 24.2 Å². The summed E-state index contributed by atoms with van der Waals surface area (Å²) >= 11 is 0. The van der Waals surface area contributed by atoms with E-state index >= 15 is 0 Å². The lowest BCUT2D eigenvalue weighted by Crippen LogP contribution is -2.69. The van der Waals surface area contributed by atoms with E-state index in [2.05, 4.69) is 17.1 Å². The molecule has 0 aromatic heterocycles. The van der Waals surface area contributed by atoms with E-state index in [1.807, 2.05) is 0 Å². The number of nitrogens with one attached hydrogen (secondary N) is 1. The van der Waals surface area contributed by atoms with Crippen molar-refractivity contribution < 1.29 is 0 Å². The van der Waals surface area contributed by atoms with Crippen molar-refractivity contribution in [1.82, 2.24) is 10.2 Å². The Balaban J connectivity index is 1.48. The quantitative estimate of drug-likeness (QED) is 0.837. The van der Waals surface area contributed by atoms with E-state index in [0.717, 1.165) is 11.8 Å². The lowest BCUT2D eigenvalue weighted by atomic mass is 9.83. The molecular formula is C17H30N2. The highest BCUT2D eigenvalue weighted by atomic mass is 15.3. The van der Waals surface area contributed by atoms with E-state index in [-0.39, 0.29) is 0 Å². The van der Waals surface area contributed by atoms with Gasteiger partial charge in [-0.1, -0.05) is 25.7 Å². The Hall–Kier alpha value is -0.0800. The van der Waals surface area contributed by atoms with E-state index < -0.39 is 0 Å². The molecule has 1 saturated heterocycles. The molecule has 19 heavy (non-hydrogen) atoms. The molecule has 3 saturated carbocycles. The molecule has 4 aliphatic rings. The van der Waals surface area contributed by atoms with Crippen molar-refractivity contribution in [1.29, 1.82) is 0 Å². The highest BCUT2D eigenvalue weighted by Crippen LogP contribution is 2.46. The van der Waals surface area contributed by atoms with Crippen LogP contribution in [0.1, 0.15) is 64.7 Å². The predicted octanol–water partition coefficient (Wildman–Crippen LogP) is 3.17. The Labute approximate surface area is 118 Å². The van der Waals surface area contributed by atoms with Crippen LogP contribution < -0.4 is 5.32 Å². The van der Waals surface area contributed by atoms with Crippen molar-refractivity contribution in [2.45, 2.75) is 75.8 Å². The first-order valence-electron chi connectivity index (χ1n) is 8.70. The number of hydrogen-bond donors (Lipinski definition) is 1. The second kappa shape index (κ2) is 4.46. The molecule has 2 heteroatoms. The highest BCUT2D eigenvalue weighted by molar-refractivity contribution is 5.10. The zero-order valence-corrected chi connectivity index (χ0v) is 12.6. The first kappa shape index (κ1) is 12.6. The van der Waals surface area contributed by atoms with Crippen LogP contribution in [0.4, 0.5) is 0 Å². The summed E-state index contributed by atoms with van der Waals surface area (Å²) in [7, 11) is 0. The molecule has 1 aliphatic heterocycles. The fourth-order valence-corrected chi connectivity index (χ4v) is 4.68. The molecule has 0 aromatic carbocycles. The molecule has 3 aliphatic carbocycles. The van der Waals surface area contributed by atoms with Crippen LogP contribution in [0.15, 0.2) is 0 Å². The molecule has 1 spiro atoms. The van der Waals surface area contributed by atoms with Gasteiger partial charge in [-0.15, -0.1) is 0 Å². The Bertz CT molecular complexity index is 339. The molecule has 1 unspecified atom stereocenters. The molecule has 0 amide bonds. The third-order valence-electron chi connectivity index (χ3n) is 6.53. The normalized spacial score (nSPS) is 39.0. The smallest absolute Gasteiger partial charge is 0.0334 e. The average Bonchev–Trinajstić information content (AvgIpc) is 3.30. The van der Waals surface area contributed by atoms with Gasteiger partial charge in [-0.25, -0.2) is 0 Å². The van der Waals surface area contributed by atoms with Crippen LogP contribution in [0.25, 0.3) is 0 Å². The molecule has 1 heterocycles. The molecule has 4 rings (SSSR count). The third kappa shape index (κ3) is 2.35. The predicted molar refractivity (Wildman–Crippen MR) is 79.2 cm³/mol. The fraction of sp³-hybridized carbons (Fsp3) is 1.00. The van der Waals surface area contributed by atoms with Gasteiger partial charge in [-0.3, -0.25) is 4.90 Å². The van der Waals surface area contributed by atoms with E-state index in [4.69, 9.17) is 0 Å². The van der Waals surface area contributed by atoms with E-state index in [1.165, 1.54) is 77.4 Å². The van der Waals surface area contributed by atoms with Crippen molar-refractivity contribution in [3.8, 4) is 0 Å². The maximum Gasteiger partial charge on any atom is 0.0334 e. The van der Waals surface area contributed by atoms with Crippen LogP contribution in [0.2, 0.25) is 0 Å². The molecule has 1 atom stereocenters. The van der Waals surface area contributed by atoms with Gasteiger partial charge in [0.1, 0.15) is 0 Å². The lowest BCUT2D eigenvalue weighted by molar-refractivity contribution is 0.00406. The summed E-state index contributed by atoms with van der Waals surface area (Å²) in [6.45, 7) is 6.47. The van der Waals surface area contributed by atoms with Gasteiger partial charge in [-0.2, -0.15) is 0 Å². The van der Waals surface area contributed by atoms with Crippen LogP contribution in [0.3, 0.4) is 0 Å². The van der Waals surface area contributed by atoms with Crippen molar-refractivity contribution in [3.63, 3.8) is 0 Å². The Morgan fingerprint density at radius 3 is 2.47 bits per heavy atom. The summed E-state index contributed by atoms with van der Waals surface area (Å²) in [4.78, 5) is 2.94. The van der Waals surface area contributed by atoms with Gasteiger partial charge in [0.2, 0.25) is 0 Å². The molecule has 2 nitrogen and oxygen atoms in total. The SMILES string of the molecule is CC1(C2CC2)CN(CCC2CC2)C2(CCCC2)CN1. The van der Waals surface area contributed by atoms with Crippen LogP contribution in [-0.4, -0.2) is 35.6 Å². The molecule has 4 fully saturated rings. The first-order chi connectivity index (χ1) is 9.20. The minimum Gasteiger partial charge on any atom is -0.308 e. The Morgan fingerprint density at radius 2 is 1.84 bits per heavy atom. The maximum absolute atomic E-state index is 3.98. The highest BCUT2D eigenvalue weighted by Gasteiger charge is 2.51. The number of rotatable bonds is 4. The van der Waals surface area contributed by atoms with Gasteiger partial charge >= 0.3 is 0 Å².